The van der Waals surface area contributed by atoms with Gasteiger partial charge in [0.1, 0.15) is 10.8 Å². The van der Waals surface area contributed by atoms with Gasteiger partial charge < -0.3 is 15.0 Å². The standard InChI is InChI=1S/C24H27ClN6O2S/c1-16-14-33-15-24(16)7-10-31(11-8-24)20-12-27-21(13-26-20)34-19-5-3-4-17(22(19)25)28-23(32)18-6-9-30(2)29-18/h3-6,9,12-13,16H,7-8,10-11,14-15H2,1-2H3,(H,28,32)/t16-/m1/s1. The number of amides is 1. The zero-order valence-electron chi connectivity index (χ0n) is 19.2. The molecule has 2 saturated heterocycles. The Morgan fingerprint density at radius 3 is 2.71 bits per heavy atom. The fraction of sp³-hybridized carbons (Fsp3) is 0.417. The number of carbonyl (C=O) groups excluding carboxylic acids is 1. The molecule has 2 aromatic heterocycles. The third-order valence-corrected chi connectivity index (χ3v) is 8.37. The summed E-state index contributed by atoms with van der Waals surface area (Å²) in [6.07, 6.45) is 7.57. The molecule has 8 nitrogen and oxygen atoms in total. The smallest absolute Gasteiger partial charge is 0.276 e. The molecule has 2 aliphatic rings. The van der Waals surface area contributed by atoms with Gasteiger partial charge in [-0.1, -0.05) is 36.4 Å². The van der Waals surface area contributed by atoms with Crippen LogP contribution in [0.4, 0.5) is 11.5 Å². The van der Waals surface area contributed by atoms with Gasteiger partial charge in [0, 0.05) is 43.3 Å². The molecule has 0 radical (unpaired) electrons. The molecular weight excluding hydrogens is 472 g/mol. The quantitative estimate of drug-likeness (QED) is 0.553. The van der Waals surface area contributed by atoms with Crippen molar-refractivity contribution in [1.82, 2.24) is 19.7 Å². The fourth-order valence-electron chi connectivity index (χ4n) is 4.62. The fourth-order valence-corrected chi connectivity index (χ4v) is 5.69. The summed E-state index contributed by atoms with van der Waals surface area (Å²) in [7, 11) is 1.76. The summed E-state index contributed by atoms with van der Waals surface area (Å²) < 4.78 is 7.32. The van der Waals surface area contributed by atoms with E-state index in [1.54, 1.807) is 36.3 Å². The van der Waals surface area contributed by atoms with Crippen molar-refractivity contribution in [3.8, 4) is 0 Å². The van der Waals surface area contributed by atoms with Gasteiger partial charge in [0.15, 0.2) is 5.69 Å². The normalized spacial score (nSPS) is 19.5. The lowest BCUT2D eigenvalue weighted by atomic mass is 9.72. The number of piperidine rings is 1. The van der Waals surface area contributed by atoms with Gasteiger partial charge in [0.25, 0.3) is 5.91 Å². The van der Waals surface area contributed by atoms with E-state index in [-0.39, 0.29) is 5.91 Å². The average molecular weight is 499 g/mol. The summed E-state index contributed by atoms with van der Waals surface area (Å²) in [6.45, 7) is 6.00. The molecule has 2 aliphatic heterocycles. The Kier molecular flexibility index (Phi) is 6.50. The van der Waals surface area contributed by atoms with Crippen LogP contribution in [0, 0.1) is 11.3 Å². The Morgan fingerprint density at radius 1 is 1.24 bits per heavy atom. The third kappa shape index (κ3) is 4.64. The van der Waals surface area contributed by atoms with Crippen molar-refractivity contribution in [2.24, 2.45) is 18.4 Å². The van der Waals surface area contributed by atoms with E-state index < -0.39 is 0 Å². The first-order valence-electron chi connectivity index (χ1n) is 11.4. The van der Waals surface area contributed by atoms with Crippen molar-refractivity contribution in [3.05, 3.63) is 53.6 Å². The number of nitrogens with zero attached hydrogens (tertiary/aromatic N) is 5. The highest BCUT2D eigenvalue weighted by Crippen LogP contribution is 2.44. The molecule has 1 aromatic carbocycles. The number of benzene rings is 1. The number of aromatic nitrogens is 4. The number of ether oxygens (including phenoxy) is 1. The summed E-state index contributed by atoms with van der Waals surface area (Å²) in [5.74, 6) is 1.21. The van der Waals surface area contributed by atoms with Crippen LogP contribution in [0.2, 0.25) is 5.02 Å². The molecule has 178 valence electrons. The van der Waals surface area contributed by atoms with Gasteiger partial charge in [0.2, 0.25) is 0 Å². The summed E-state index contributed by atoms with van der Waals surface area (Å²) >= 11 is 8.01. The van der Waals surface area contributed by atoms with Crippen molar-refractivity contribution in [1.29, 1.82) is 0 Å². The molecule has 4 heterocycles. The van der Waals surface area contributed by atoms with Gasteiger partial charge in [-0.15, -0.1) is 0 Å². The van der Waals surface area contributed by atoms with E-state index in [1.165, 1.54) is 11.8 Å². The van der Waals surface area contributed by atoms with Crippen LogP contribution < -0.4 is 10.2 Å². The highest BCUT2D eigenvalue weighted by molar-refractivity contribution is 7.99. The van der Waals surface area contributed by atoms with Gasteiger partial charge in [-0.3, -0.25) is 9.48 Å². The summed E-state index contributed by atoms with van der Waals surface area (Å²) in [6, 6.07) is 7.17. The number of carbonyl (C=O) groups is 1. The Balaban J connectivity index is 1.23. The first-order chi connectivity index (χ1) is 16.4. The molecule has 5 rings (SSSR count). The van der Waals surface area contributed by atoms with Crippen LogP contribution in [0.5, 0.6) is 0 Å². The van der Waals surface area contributed by atoms with Crippen LogP contribution in [0.15, 0.2) is 52.8 Å². The largest absolute Gasteiger partial charge is 0.381 e. The lowest BCUT2D eigenvalue weighted by molar-refractivity contribution is 0.102. The Labute approximate surface area is 208 Å². The number of anilines is 2. The number of rotatable bonds is 5. The highest BCUT2D eigenvalue weighted by atomic mass is 35.5. The zero-order valence-corrected chi connectivity index (χ0v) is 20.8. The van der Waals surface area contributed by atoms with Gasteiger partial charge in [0.05, 0.1) is 29.7 Å². The van der Waals surface area contributed by atoms with Crippen LogP contribution in [-0.4, -0.2) is 52.0 Å². The number of nitrogens with one attached hydrogen (secondary N) is 1. The van der Waals surface area contributed by atoms with Crippen LogP contribution >= 0.6 is 23.4 Å². The second-order valence-electron chi connectivity index (χ2n) is 9.03. The minimum absolute atomic E-state index is 0.310. The summed E-state index contributed by atoms with van der Waals surface area (Å²) in [5, 5.41) is 8.15. The van der Waals surface area contributed by atoms with Crippen molar-refractivity contribution >= 4 is 40.8 Å². The first kappa shape index (κ1) is 23.1. The number of halogens is 1. The second kappa shape index (κ2) is 9.56. The molecule has 1 N–H and O–H groups in total. The Hall–Kier alpha value is -2.62. The predicted octanol–water partition coefficient (Wildman–Crippen LogP) is 4.52. The maximum atomic E-state index is 12.5. The lowest BCUT2D eigenvalue weighted by Crippen LogP contribution is -2.43. The maximum absolute atomic E-state index is 12.5. The number of hydrogen-bond donors (Lipinski definition) is 1. The minimum atomic E-state index is -0.310. The van der Waals surface area contributed by atoms with Crippen molar-refractivity contribution in [2.45, 2.75) is 29.7 Å². The molecule has 0 aliphatic carbocycles. The van der Waals surface area contributed by atoms with Gasteiger partial charge in [-0.25, -0.2) is 9.97 Å². The molecule has 10 heteroatoms. The van der Waals surface area contributed by atoms with E-state index in [1.807, 2.05) is 18.3 Å². The van der Waals surface area contributed by atoms with E-state index in [0.29, 0.717) is 27.7 Å². The maximum Gasteiger partial charge on any atom is 0.276 e. The van der Waals surface area contributed by atoms with E-state index in [0.717, 1.165) is 54.9 Å². The van der Waals surface area contributed by atoms with Crippen molar-refractivity contribution in [3.63, 3.8) is 0 Å². The molecular formula is C24H27ClN6O2S. The Morgan fingerprint density at radius 2 is 2.06 bits per heavy atom. The van der Waals surface area contributed by atoms with Gasteiger partial charge >= 0.3 is 0 Å². The SMILES string of the molecule is C[C@@H]1COCC12CCN(c1cnc(Sc3cccc(NC(=O)c4ccn(C)n4)c3Cl)cn1)CC2. The molecule has 34 heavy (non-hydrogen) atoms. The number of hydrogen-bond acceptors (Lipinski definition) is 7. The summed E-state index contributed by atoms with van der Waals surface area (Å²) in [4.78, 5) is 24.8. The average Bonchev–Trinajstić information content (AvgIpc) is 3.43. The van der Waals surface area contributed by atoms with E-state index in [2.05, 4.69) is 32.2 Å². The molecule has 1 spiro atoms. The van der Waals surface area contributed by atoms with Crippen LogP contribution in [0.25, 0.3) is 0 Å². The molecule has 0 unspecified atom stereocenters. The highest BCUT2D eigenvalue weighted by Gasteiger charge is 2.43. The molecule has 3 aromatic rings. The van der Waals surface area contributed by atoms with E-state index >= 15 is 0 Å². The molecule has 0 saturated carbocycles. The van der Waals surface area contributed by atoms with E-state index in [4.69, 9.17) is 16.3 Å². The molecule has 2 fully saturated rings. The van der Waals surface area contributed by atoms with Crippen LogP contribution in [0.1, 0.15) is 30.3 Å². The monoisotopic (exact) mass is 498 g/mol. The van der Waals surface area contributed by atoms with Crippen molar-refractivity contribution in [2.75, 3.05) is 36.5 Å². The van der Waals surface area contributed by atoms with Gasteiger partial charge in [-0.2, -0.15) is 5.10 Å². The summed E-state index contributed by atoms with van der Waals surface area (Å²) in [5.41, 5.74) is 1.18. The first-order valence-corrected chi connectivity index (χ1v) is 12.6. The minimum Gasteiger partial charge on any atom is -0.381 e. The van der Waals surface area contributed by atoms with Crippen LogP contribution in [0.3, 0.4) is 0 Å². The Bertz CT molecular complexity index is 1180. The predicted molar refractivity (Wildman–Crippen MR) is 133 cm³/mol. The molecule has 0 bridgehead atoms. The van der Waals surface area contributed by atoms with Crippen molar-refractivity contribution < 1.29 is 9.53 Å². The zero-order chi connectivity index (χ0) is 23.7. The third-order valence-electron chi connectivity index (χ3n) is 6.87. The van der Waals surface area contributed by atoms with Gasteiger partial charge in [-0.05, 0) is 37.0 Å². The van der Waals surface area contributed by atoms with E-state index in [9.17, 15) is 4.79 Å². The topological polar surface area (TPSA) is 85.2 Å². The lowest BCUT2D eigenvalue weighted by Gasteiger charge is -2.41. The second-order valence-corrected chi connectivity index (χ2v) is 10.5. The molecule has 1 amide bonds. The van der Waals surface area contributed by atoms with Crippen LogP contribution in [-0.2, 0) is 11.8 Å². The molecule has 1 atom stereocenters. The number of aryl methyl sites for hydroxylation is 1.